The summed E-state index contributed by atoms with van der Waals surface area (Å²) in [6.45, 7) is 5.56. The van der Waals surface area contributed by atoms with E-state index in [1.54, 1.807) is 32.9 Å². The molecule has 0 fully saturated rings. The van der Waals surface area contributed by atoms with Gasteiger partial charge in [-0.1, -0.05) is 29.8 Å². The van der Waals surface area contributed by atoms with Crippen LogP contribution >= 0.6 is 23.4 Å². The number of aliphatic carboxylic acids is 1. The van der Waals surface area contributed by atoms with Gasteiger partial charge in [-0.3, -0.25) is 4.79 Å². The topological polar surface area (TPSA) is 75.6 Å². The SMILES string of the molecule is CC(C)(C)OC(=O)NCC(SCC(=O)O)c1ccccc1Cl. The van der Waals surface area contributed by atoms with E-state index in [-0.39, 0.29) is 17.5 Å². The van der Waals surface area contributed by atoms with E-state index < -0.39 is 17.7 Å². The molecule has 122 valence electrons. The van der Waals surface area contributed by atoms with Crippen LogP contribution in [0.4, 0.5) is 4.79 Å². The van der Waals surface area contributed by atoms with Crippen LogP contribution in [-0.2, 0) is 9.53 Å². The minimum atomic E-state index is -0.917. The Kier molecular flexibility index (Phi) is 7.03. The molecule has 0 aliphatic heterocycles. The highest BCUT2D eigenvalue weighted by atomic mass is 35.5. The van der Waals surface area contributed by atoms with E-state index in [0.29, 0.717) is 5.02 Å². The average molecular weight is 346 g/mol. The molecule has 0 bridgehead atoms. The molecule has 1 aromatic rings. The second-order valence-electron chi connectivity index (χ2n) is 5.60. The smallest absolute Gasteiger partial charge is 0.407 e. The molecule has 0 saturated heterocycles. The lowest BCUT2D eigenvalue weighted by atomic mass is 10.1. The second-order valence-corrected chi connectivity index (χ2v) is 7.20. The van der Waals surface area contributed by atoms with E-state index in [2.05, 4.69) is 5.32 Å². The first-order valence-corrected chi connectivity index (χ1v) is 8.16. The molecule has 1 aromatic carbocycles. The minimum absolute atomic E-state index is 0.0775. The van der Waals surface area contributed by atoms with E-state index in [1.807, 2.05) is 12.1 Å². The number of nitrogens with one attached hydrogen (secondary N) is 1. The van der Waals surface area contributed by atoms with Crippen LogP contribution in [0.3, 0.4) is 0 Å². The second kappa shape index (κ2) is 8.29. The third kappa shape index (κ3) is 7.04. The highest BCUT2D eigenvalue weighted by molar-refractivity contribution is 8.00. The zero-order valence-corrected chi connectivity index (χ0v) is 14.3. The molecule has 0 aromatic heterocycles. The molecular weight excluding hydrogens is 326 g/mol. The Bertz CT molecular complexity index is 531. The standard InChI is InChI=1S/C15H20ClNO4S/c1-15(2,3)21-14(20)17-8-12(22-9-13(18)19)10-6-4-5-7-11(10)16/h4-7,12H,8-9H2,1-3H3,(H,17,20)(H,18,19). The molecule has 1 rings (SSSR count). The number of halogens is 1. The Morgan fingerprint density at radius 3 is 2.55 bits per heavy atom. The summed E-state index contributed by atoms with van der Waals surface area (Å²) in [6.07, 6.45) is -0.541. The fourth-order valence-corrected chi connectivity index (χ4v) is 2.92. The molecule has 1 atom stereocenters. The predicted octanol–water partition coefficient (Wildman–Crippen LogP) is 3.72. The molecule has 0 spiro atoms. The van der Waals surface area contributed by atoms with Crippen molar-refractivity contribution in [3.05, 3.63) is 34.9 Å². The Morgan fingerprint density at radius 1 is 1.36 bits per heavy atom. The fraction of sp³-hybridized carbons (Fsp3) is 0.467. The molecule has 2 N–H and O–H groups in total. The Hall–Kier alpha value is -1.40. The van der Waals surface area contributed by atoms with Gasteiger partial charge in [-0.05, 0) is 32.4 Å². The third-order valence-electron chi connectivity index (χ3n) is 2.49. The van der Waals surface area contributed by atoms with Crippen molar-refractivity contribution in [1.82, 2.24) is 5.32 Å². The highest BCUT2D eigenvalue weighted by Gasteiger charge is 2.20. The maximum atomic E-state index is 11.7. The third-order valence-corrected chi connectivity index (χ3v) is 4.07. The molecule has 1 amide bonds. The van der Waals surface area contributed by atoms with Gasteiger partial charge in [0.25, 0.3) is 0 Å². The van der Waals surface area contributed by atoms with Crippen molar-refractivity contribution in [2.45, 2.75) is 31.6 Å². The van der Waals surface area contributed by atoms with Crippen LogP contribution in [0.2, 0.25) is 5.02 Å². The number of hydrogen-bond donors (Lipinski definition) is 2. The lowest BCUT2D eigenvalue weighted by molar-refractivity contribution is -0.133. The number of carbonyl (C=O) groups is 2. The lowest BCUT2D eigenvalue weighted by Crippen LogP contribution is -2.34. The number of rotatable bonds is 6. The predicted molar refractivity (Wildman–Crippen MR) is 88.5 cm³/mol. The summed E-state index contributed by atoms with van der Waals surface area (Å²) in [7, 11) is 0. The summed E-state index contributed by atoms with van der Waals surface area (Å²) in [5, 5.41) is 11.8. The van der Waals surface area contributed by atoms with Crippen LogP contribution in [0, 0.1) is 0 Å². The lowest BCUT2D eigenvalue weighted by Gasteiger charge is -2.22. The van der Waals surface area contributed by atoms with Gasteiger partial charge in [-0.25, -0.2) is 4.79 Å². The summed E-state index contributed by atoms with van der Waals surface area (Å²) in [4.78, 5) is 22.5. The van der Waals surface area contributed by atoms with Gasteiger partial charge in [0, 0.05) is 16.8 Å². The van der Waals surface area contributed by atoms with Gasteiger partial charge in [0.05, 0.1) is 5.75 Å². The largest absolute Gasteiger partial charge is 0.481 e. The summed E-state index contributed by atoms with van der Waals surface area (Å²) in [5.74, 6) is -0.995. The van der Waals surface area contributed by atoms with Crippen molar-refractivity contribution in [2.75, 3.05) is 12.3 Å². The number of carboxylic acids is 1. The van der Waals surface area contributed by atoms with Gasteiger partial charge < -0.3 is 15.2 Å². The first kappa shape index (κ1) is 18.6. The van der Waals surface area contributed by atoms with Gasteiger partial charge >= 0.3 is 12.1 Å². The maximum Gasteiger partial charge on any atom is 0.407 e. The molecule has 5 nitrogen and oxygen atoms in total. The van der Waals surface area contributed by atoms with Crippen molar-refractivity contribution < 1.29 is 19.4 Å². The number of carboxylic acid groups (broad SMARTS) is 1. The number of thioether (sulfide) groups is 1. The zero-order chi connectivity index (χ0) is 16.8. The van der Waals surface area contributed by atoms with E-state index in [9.17, 15) is 9.59 Å². The summed E-state index contributed by atoms with van der Waals surface area (Å²) < 4.78 is 5.17. The number of carbonyl (C=O) groups excluding carboxylic acids is 1. The van der Waals surface area contributed by atoms with Crippen LogP contribution in [0.5, 0.6) is 0 Å². The molecular formula is C15H20ClNO4S. The summed E-state index contributed by atoms with van der Waals surface area (Å²) in [6, 6.07) is 7.17. The van der Waals surface area contributed by atoms with E-state index in [0.717, 1.165) is 5.56 Å². The van der Waals surface area contributed by atoms with Crippen LogP contribution in [-0.4, -0.2) is 35.1 Å². The van der Waals surface area contributed by atoms with Gasteiger partial charge in [0.2, 0.25) is 0 Å². The van der Waals surface area contributed by atoms with Crippen molar-refractivity contribution in [1.29, 1.82) is 0 Å². The number of benzene rings is 1. The Labute approximate surface area is 139 Å². The van der Waals surface area contributed by atoms with Crippen LogP contribution < -0.4 is 5.32 Å². The minimum Gasteiger partial charge on any atom is -0.481 e. The average Bonchev–Trinajstić information content (AvgIpc) is 2.38. The number of alkyl carbamates (subject to hydrolysis) is 1. The first-order chi connectivity index (χ1) is 10.2. The maximum absolute atomic E-state index is 11.7. The monoisotopic (exact) mass is 345 g/mol. The number of hydrogen-bond acceptors (Lipinski definition) is 4. The van der Waals surface area contributed by atoms with Crippen molar-refractivity contribution in [2.24, 2.45) is 0 Å². The van der Waals surface area contributed by atoms with Gasteiger partial charge in [-0.2, -0.15) is 0 Å². The molecule has 1 unspecified atom stereocenters. The van der Waals surface area contributed by atoms with Crippen molar-refractivity contribution in [3.63, 3.8) is 0 Å². The normalized spacial score (nSPS) is 12.5. The van der Waals surface area contributed by atoms with Crippen molar-refractivity contribution in [3.8, 4) is 0 Å². The number of ether oxygens (including phenoxy) is 1. The molecule has 0 heterocycles. The van der Waals surface area contributed by atoms with Crippen LogP contribution in [0.25, 0.3) is 0 Å². The fourth-order valence-electron chi connectivity index (χ4n) is 1.66. The van der Waals surface area contributed by atoms with Crippen LogP contribution in [0.15, 0.2) is 24.3 Å². The molecule has 0 aliphatic rings. The molecule has 7 heteroatoms. The van der Waals surface area contributed by atoms with Crippen LogP contribution in [0.1, 0.15) is 31.6 Å². The Morgan fingerprint density at radius 2 is 2.00 bits per heavy atom. The van der Waals surface area contributed by atoms with E-state index in [4.69, 9.17) is 21.4 Å². The zero-order valence-electron chi connectivity index (χ0n) is 12.8. The molecule has 0 saturated carbocycles. The van der Waals surface area contributed by atoms with E-state index >= 15 is 0 Å². The Balaban J connectivity index is 2.73. The van der Waals surface area contributed by atoms with Gasteiger partial charge in [-0.15, -0.1) is 11.8 Å². The van der Waals surface area contributed by atoms with Gasteiger partial charge in [0.15, 0.2) is 0 Å². The summed E-state index contributed by atoms with van der Waals surface area (Å²) in [5.41, 5.74) is 0.199. The van der Waals surface area contributed by atoms with Gasteiger partial charge in [0.1, 0.15) is 5.60 Å². The molecule has 0 aliphatic carbocycles. The van der Waals surface area contributed by atoms with E-state index in [1.165, 1.54) is 11.8 Å². The molecule has 0 radical (unpaired) electrons. The summed E-state index contributed by atoms with van der Waals surface area (Å²) >= 11 is 7.35. The molecule has 22 heavy (non-hydrogen) atoms. The quantitative estimate of drug-likeness (QED) is 0.821. The first-order valence-electron chi connectivity index (χ1n) is 6.73. The number of amides is 1. The highest BCUT2D eigenvalue weighted by Crippen LogP contribution is 2.33. The van der Waals surface area contributed by atoms with Crippen molar-refractivity contribution >= 4 is 35.4 Å².